The molecule has 1 aromatic heterocycles. The molecule has 1 saturated heterocycles. The second-order valence-electron chi connectivity index (χ2n) is 5.42. The van der Waals surface area contributed by atoms with Crippen molar-refractivity contribution in [2.75, 3.05) is 13.1 Å². The highest BCUT2D eigenvalue weighted by atomic mass is 15.2. The first-order valence-corrected chi connectivity index (χ1v) is 6.72. The predicted octanol–water partition coefficient (Wildman–Crippen LogP) is 2.66. The topological polar surface area (TPSA) is 8.17 Å². The summed E-state index contributed by atoms with van der Waals surface area (Å²) in [4.78, 5) is 2.68. The Labute approximate surface area is 102 Å². The lowest BCUT2D eigenvalue weighted by Crippen LogP contribution is -2.39. The number of hydrogen-bond acceptors (Lipinski definition) is 1. The summed E-state index contributed by atoms with van der Waals surface area (Å²) in [5.41, 5.74) is 3.01. The molecule has 1 unspecified atom stereocenters. The van der Waals surface area contributed by atoms with Gasteiger partial charge in [0, 0.05) is 18.8 Å². The Hall–Kier alpha value is -1.28. The maximum absolute atomic E-state index is 2.68. The molecule has 0 aliphatic carbocycles. The smallest absolute Gasteiger partial charge is 0.0513 e. The van der Waals surface area contributed by atoms with Gasteiger partial charge in [-0.2, -0.15) is 0 Å². The van der Waals surface area contributed by atoms with Crippen LogP contribution in [0.1, 0.15) is 18.4 Å². The van der Waals surface area contributed by atoms with Gasteiger partial charge in [-0.25, -0.2) is 0 Å². The van der Waals surface area contributed by atoms with Crippen molar-refractivity contribution in [1.82, 2.24) is 9.47 Å². The van der Waals surface area contributed by atoms with E-state index in [1.54, 1.807) is 0 Å². The standard InChI is InChI=1S/C15H18N2/c1-2-8-16(7-1)14-10-13-5-3-4-12-6-9-17(11-14)15(12)13/h3-6,9,14H,1-2,7-8,10-11H2. The zero-order chi connectivity index (χ0) is 11.2. The molecule has 88 valence electrons. The Balaban J connectivity index is 1.75. The molecule has 0 radical (unpaired) electrons. The predicted molar refractivity (Wildman–Crippen MR) is 70.2 cm³/mol. The van der Waals surface area contributed by atoms with Crippen LogP contribution in [-0.2, 0) is 13.0 Å². The van der Waals surface area contributed by atoms with Crippen LogP contribution >= 0.6 is 0 Å². The van der Waals surface area contributed by atoms with Crippen LogP contribution in [0.3, 0.4) is 0 Å². The molecule has 0 spiro atoms. The Morgan fingerprint density at radius 1 is 1.06 bits per heavy atom. The van der Waals surface area contributed by atoms with Gasteiger partial charge in [0.2, 0.25) is 0 Å². The van der Waals surface area contributed by atoms with Gasteiger partial charge in [0.15, 0.2) is 0 Å². The van der Waals surface area contributed by atoms with Crippen LogP contribution < -0.4 is 0 Å². The zero-order valence-electron chi connectivity index (χ0n) is 10.1. The SMILES string of the molecule is c1cc2c3c(c1)ccn3CC(N1CCCC1)C2. The van der Waals surface area contributed by atoms with Crippen LogP contribution in [0.25, 0.3) is 10.9 Å². The molecule has 1 aromatic carbocycles. The molecule has 2 aromatic rings. The number of aromatic nitrogens is 1. The molecule has 2 heteroatoms. The average Bonchev–Trinajstić information content (AvgIpc) is 2.99. The van der Waals surface area contributed by atoms with Gasteiger partial charge in [-0.05, 0) is 49.4 Å². The zero-order valence-corrected chi connectivity index (χ0v) is 10.1. The molecule has 0 N–H and O–H groups in total. The Morgan fingerprint density at radius 3 is 2.82 bits per heavy atom. The third-order valence-corrected chi connectivity index (χ3v) is 4.39. The summed E-state index contributed by atoms with van der Waals surface area (Å²) in [6, 6.07) is 9.72. The van der Waals surface area contributed by atoms with Crippen LogP contribution in [0, 0.1) is 0 Å². The van der Waals surface area contributed by atoms with E-state index in [0.717, 1.165) is 6.04 Å². The third-order valence-electron chi connectivity index (χ3n) is 4.39. The second-order valence-corrected chi connectivity index (χ2v) is 5.42. The molecule has 0 saturated carbocycles. The molecule has 1 atom stereocenters. The molecule has 2 aliphatic rings. The summed E-state index contributed by atoms with van der Waals surface area (Å²) in [6.45, 7) is 3.79. The van der Waals surface area contributed by atoms with Gasteiger partial charge in [-0.3, -0.25) is 4.90 Å². The van der Waals surface area contributed by atoms with Crippen LogP contribution in [0.4, 0.5) is 0 Å². The molecule has 1 fully saturated rings. The summed E-state index contributed by atoms with van der Waals surface area (Å²) in [6.07, 6.45) is 6.27. The number of nitrogens with zero attached hydrogens (tertiary/aromatic N) is 2. The van der Waals surface area contributed by atoms with E-state index in [4.69, 9.17) is 0 Å². The van der Waals surface area contributed by atoms with Crippen LogP contribution in [0.5, 0.6) is 0 Å². The molecular weight excluding hydrogens is 208 g/mol. The summed E-state index contributed by atoms with van der Waals surface area (Å²) in [5, 5.41) is 1.40. The molecule has 2 aliphatic heterocycles. The number of hydrogen-bond donors (Lipinski definition) is 0. The lowest BCUT2D eigenvalue weighted by Gasteiger charge is -2.32. The van der Waals surface area contributed by atoms with Gasteiger partial charge in [0.05, 0.1) is 5.52 Å². The fourth-order valence-corrected chi connectivity index (χ4v) is 3.55. The van der Waals surface area contributed by atoms with E-state index in [1.807, 2.05) is 0 Å². The maximum atomic E-state index is 2.68. The van der Waals surface area contributed by atoms with E-state index in [1.165, 1.54) is 55.4 Å². The van der Waals surface area contributed by atoms with Crippen molar-refractivity contribution in [1.29, 1.82) is 0 Å². The summed E-state index contributed by atoms with van der Waals surface area (Å²) >= 11 is 0. The van der Waals surface area contributed by atoms with Crippen molar-refractivity contribution in [3.8, 4) is 0 Å². The maximum Gasteiger partial charge on any atom is 0.0513 e. The van der Waals surface area contributed by atoms with Gasteiger partial charge in [0.25, 0.3) is 0 Å². The van der Waals surface area contributed by atoms with Crippen molar-refractivity contribution < 1.29 is 0 Å². The Bertz CT molecular complexity index is 549. The fourth-order valence-electron chi connectivity index (χ4n) is 3.55. The molecule has 0 amide bonds. The normalized spacial score (nSPS) is 24.6. The van der Waals surface area contributed by atoms with Gasteiger partial charge in [0.1, 0.15) is 0 Å². The molecule has 0 bridgehead atoms. The lowest BCUT2D eigenvalue weighted by atomic mass is 9.99. The first-order chi connectivity index (χ1) is 8.42. The van der Waals surface area contributed by atoms with Gasteiger partial charge in [-0.1, -0.05) is 18.2 Å². The number of benzene rings is 1. The number of para-hydroxylation sites is 1. The van der Waals surface area contributed by atoms with Crippen LogP contribution in [0.15, 0.2) is 30.5 Å². The van der Waals surface area contributed by atoms with Crippen LogP contribution in [0.2, 0.25) is 0 Å². The first kappa shape index (κ1) is 9.72. The van der Waals surface area contributed by atoms with E-state index in [-0.39, 0.29) is 0 Å². The molecule has 4 rings (SSSR count). The van der Waals surface area contributed by atoms with Gasteiger partial charge < -0.3 is 4.57 Å². The third kappa shape index (κ3) is 1.44. The van der Waals surface area contributed by atoms with Gasteiger partial charge >= 0.3 is 0 Å². The van der Waals surface area contributed by atoms with E-state index in [9.17, 15) is 0 Å². The number of likely N-dealkylation sites (tertiary alicyclic amines) is 1. The van der Waals surface area contributed by atoms with E-state index in [2.05, 4.69) is 39.9 Å². The van der Waals surface area contributed by atoms with E-state index in [0.29, 0.717) is 0 Å². The molecule has 17 heavy (non-hydrogen) atoms. The summed E-state index contributed by atoms with van der Waals surface area (Å²) < 4.78 is 2.46. The second kappa shape index (κ2) is 3.61. The monoisotopic (exact) mass is 226 g/mol. The van der Waals surface area contributed by atoms with Crippen molar-refractivity contribution in [3.05, 3.63) is 36.0 Å². The highest BCUT2D eigenvalue weighted by Gasteiger charge is 2.26. The first-order valence-electron chi connectivity index (χ1n) is 6.72. The van der Waals surface area contributed by atoms with Crippen molar-refractivity contribution in [2.24, 2.45) is 0 Å². The van der Waals surface area contributed by atoms with Crippen molar-refractivity contribution in [2.45, 2.75) is 31.8 Å². The van der Waals surface area contributed by atoms with Crippen molar-refractivity contribution >= 4 is 10.9 Å². The van der Waals surface area contributed by atoms with Crippen LogP contribution in [-0.4, -0.2) is 28.6 Å². The van der Waals surface area contributed by atoms with Gasteiger partial charge in [-0.15, -0.1) is 0 Å². The van der Waals surface area contributed by atoms with E-state index < -0.39 is 0 Å². The largest absolute Gasteiger partial charge is 0.346 e. The minimum atomic E-state index is 0.725. The quantitative estimate of drug-likeness (QED) is 0.725. The summed E-state index contributed by atoms with van der Waals surface area (Å²) in [7, 11) is 0. The van der Waals surface area contributed by atoms with Crippen molar-refractivity contribution in [3.63, 3.8) is 0 Å². The van der Waals surface area contributed by atoms with E-state index >= 15 is 0 Å². The lowest BCUT2D eigenvalue weighted by molar-refractivity contribution is 0.214. The molecular formula is C15H18N2. The minimum Gasteiger partial charge on any atom is -0.346 e. The average molecular weight is 226 g/mol. The molecule has 2 nitrogen and oxygen atoms in total. The Morgan fingerprint density at radius 2 is 1.94 bits per heavy atom. The highest BCUT2D eigenvalue weighted by Crippen LogP contribution is 2.29. The molecule has 3 heterocycles. The highest BCUT2D eigenvalue weighted by molar-refractivity contribution is 5.84. The summed E-state index contributed by atoms with van der Waals surface area (Å²) in [5.74, 6) is 0. The fraction of sp³-hybridized carbons (Fsp3) is 0.467. The minimum absolute atomic E-state index is 0.725. The number of rotatable bonds is 1. The Kier molecular flexibility index (Phi) is 2.06.